The van der Waals surface area contributed by atoms with Crippen molar-refractivity contribution < 1.29 is 4.92 Å². The van der Waals surface area contributed by atoms with E-state index in [2.05, 4.69) is 46.9 Å². The van der Waals surface area contributed by atoms with Crippen molar-refractivity contribution in [3.63, 3.8) is 0 Å². The van der Waals surface area contributed by atoms with Crippen LogP contribution in [0.5, 0.6) is 0 Å². The quantitative estimate of drug-likeness (QED) is 0.393. The van der Waals surface area contributed by atoms with Gasteiger partial charge in [-0.2, -0.15) is 4.99 Å². The van der Waals surface area contributed by atoms with Crippen LogP contribution >= 0.6 is 0 Å². The predicted molar refractivity (Wildman–Crippen MR) is 102 cm³/mol. The van der Waals surface area contributed by atoms with Crippen molar-refractivity contribution in [1.82, 2.24) is 9.88 Å². The van der Waals surface area contributed by atoms with Crippen molar-refractivity contribution in [2.75, 3.05) is 31.1 Å². The summed E-state index contributed by atoms with van der Waals surface area (Å²) in [5, 5.41) is 11.1. The highest BCUT2D eigenvalue weighted by molar-refractivity contribution is 5.82. The molecule has 3 rings (SSSR count). The van der Waals surface area contributed by atoms with Crippen LogP contribution in [-0.2, 0) is 0 Å². The zero-order valence-electron chi connectivity index (χ0n) is 14.9. The van der Waals surface area contributed by atoms with Gasteiger partial charge in [0.2, 0.25) is 5.82 Å². The average Bonchev–Trinajstić information content (AvgIpc) is 2.64. The molecule has 0 spiro atoms. The van der Waals surface area contributed by atoms with Gasteiger partial charge in [-0.25, -0.2) is 4.98 Å². The lowest BCUT2D eigenvalue weighted by Gasteiger charge is -2.37. The fourth-order valence-electron chi connectivity index (χ4n) is 3.03. The second-order valence-electron chi connectivity index (χ2n) is 6.34. The molecule has 0 amide bonds. The number of nitro groups is 1. The van der Waals surface area contributed by atoms with E-state index in [4.69, 9.17) is 5.73 Å². The van der Waals surface area contributed by atoms with E-state index < -0.39 is 4.92 Å². The molecular formula is C18H22N6O2. The molecule has 1 saturated heterocycles. The third-order valence-corrected chi connectivity index (χ3v) is 4.49. The third kappa shape index (κ3) is 3.74. The van der Waals surface area contributed by atoms with Crippen LogP contribution in [0.15, 0.2) is 41.5 Å². The number of aliphatic imine (C=N–C) groups is 1. The molecule has 1 aromatic carbocycles. The van der Waals surface area contributed by atoms with E-state index in [9.17, 15) is 10.1 Å². The van der Waals surface area contributed by atoms with E-state index in [1.54, 1.807) is 0 Å². The molecule has 0 bridgehead atoms. The molecule has 0 radical (unpaired) electrons. The van der Waals surface area contributed by atoms with Gasteiger partial charge in [0.05, 0.1) is 4.92 Å². The van der Waals surface area contributed by atoms with Gasteiger partial charge < -0.3 is 15.5 Å². The summed E-state index contributed by atoms with van der Waals surface area (Å²) in [6.07, 6.45) is 1.47. The van der Waals surface area contributed by atoms with E-state index >= 15 is 0 Å². The molecule has 8 heteroatoms. The highest BCUT2D eigenvalue weighted by Gasteiger charge is 2.21. The Balaban J connectivity index is 1.72. The van der Waals surface area contributed by atoms with E-state index in [1.165, 1.54) is 35.1 Å². The largest absolute Gasteiger partial charge is 0.369 e. The molecule has 0 aliphatic carbocycles. The molecule has 8 nitrogen and oxygen atoms in total. The summed E-state index contributed by atoms with van der Waals surface area (Å²) < 4.78 is 0. The molecule has 2 N–H and O–H groups in total. The zero-order valence-corrected chi connectivity index (χ0v) is 14.9. The second kappa shape index (κ2) is 7.38. The van der Waals surface area contributed by atoms with Gasteiger partial charge in [-0.3, -0.25) is 10.1 Å². The number of rotatable bonds is 3. The van der Waals surface area contributed by atoms with Crippen molar-refractivity contribution in [3.8, 4) is 0 Å². The molecule has 136 valence electrons. The Morgan fingerprint density at radius 2 is 1.96 bits per heavy atom. The highest BCUT2D eigenvalue weighted by atomic mass is 16.6. The monoisotopic (exact) mass is 354 g/mol. The van der Waals surface area contributed by atoms with Crippen LogP contribution < -0.4 is 10.6 Å². The lowest BCUT2D eigenvalue weighted by Crippen LogP contribution is -2.51. The summed E-state index contributed by atoms with van der Waals surface area (Å²) in [6.45, 7) is 7.21. The SMILES string of the molecule is Cc1ccc(C)c(N2CCN(/C(N)=N/c3ncccc3[N+](=O)[O-])CC2)c1. The van der Waals surface area contributed by atoms with E-state index in [0.717, 1.165) is 13.1 Å². The minimum Gasteiger partial charge on any atom is -0.369 e. The summed E-state index contributed by atoms with van der Waals surface area (Å²) in [6, 6.07) is 9.32. The molecule has 1 aliphatic rings. The van der Waals surface area contributed by atoms with Gasteiger partial charge in [-0.05, 0) is 37.1 Å². The van der Waals surface area contributed by atoms with Gasteiger partial charge in [-0.1, -0.05) is 12.1 Å². The van der Waals surface area contributed by atoms with Gasteiger partial charge in [0, 0.05) is 44.1 Å². The summed E-state index contributed by atoms with van der Waals surface area (Å²) in [4.78, 5) is 23.0. The van der Waals surface area contributed by atoms with E-state index in [1.807, 2.05) is 4.90 Å². The number of benzene rings is 1. The Morgan fingerprint density at radius 1 is 1.23 bits per heavy atom. The number of hydrogen-bond acceptors (Lipinski definition) is 5. The summed E-state index contributed by atoms with van der Waals surface area (Å²) in [5.74, 6) is 0.291. The number of pyridine rings is 1. The number of nitrogens with two attached hydrogens (primary N) is 1. The number of guanidine groups is 1. The normalized spacial score (nSPS) is 15.2. The van der Waals surface area contributed by atoms with Gasteiger partial charge in [0.1, 0.15) is 0 Å². The Bertz CT molecular complexity index is 843. The fraction of sp³-hybridized carbons (Fsp3) is 0.333. The minimum absolute atomic E-state index is 0.0342. The van der Waals surface area contributed by atoms with Crippen molar-refractivity contribution in [3.05, 3.63) is 57.8 Å². The molecule has 0 saturated carbocycles. The van der Waals surface area contributed by atoms with Gasteiger partial charge in [-0.15, -0.1) is 0 Å². The molecule has 2 heterocycles. The van der Waals surface area contributed by atoms with Crippen LogP contribution in [0.1, 0.15) is 11.1 Å². The summed E-state index contributed by atoms with van der Waals surface area (Å²) in [7, 11) is 0. The van der Waals surface area contributed by atoms with Crippen molar-refractivity contribution in [2.24, 2.45) is 10.7 Å². The lowest BCUT2D eigenvalue weighted by molar-refractivity contribution is -0.384. The van der Waals surface area contributed by atoms with E-state index in [-0.39, 0.29) is 17.5 Å². The molecule has 0 atom stereocenters. The summed E-state index contributed by atoms with van der Waals surface area (Å²) in [5.41, 5.74) is 9.65. The number of anilines is 1. The number of aromatic nitrogens is 1. The Morgan fingerprint density at radius 3 is 2.65 bits per heavy atom. The van der Waals surface area contributed by atoms with Crippen LogP contribution in [0.3, 0.4) is 0 Å². The second-order valence-corrected chi connectivity index (χ2v) is 6.34. The topological polar surface area (TPSA) is 101 Å². The Labute approximate surface area is 152 Å². The first-order chi connectivity index (χ1) is 12.5. The maximum absolute atomic E-state index is 11.1. The lowest BCUT2D eigenvalue weighted by atomic mass is 10.1. The summed E-state index contributed by atoms with van der Waals surface area (Å²) >= 11 is 0. The van der Waals surface area contributed by atoms with Crippen LogP contribution in [0.2, 0.25) is 0 Å². The first-order valence-electron chi connectivity index (χ1n) is 8.46. The van der Waals surface area contributed by atoms with Crippen LogP contribution in [-0.4, -0.2) is 46.9 Å². The number of hydrogen-bond donors (Lipinski definition) is 1. The van der Waals surface area contributed by atoms with Crippen LogP contribution in [0.25, 0.3) is 0 Å². The van der Waals surface area contributed by atoms with Crippen LogP contribution in [0, 0.1) is 24.0 Å². The van der Waals surface area contributed by atoms with E-state index in [0.29, 0.717) is 13.1 Å². The van der Waals surface area contributed by atoms with Gasteiger partial charge in [0.25, 0.3) is 0 Å². The molecular weight excluding hydrogens is 332 g/mol. The maximum Gasteiger partial charge on any atom is 0.313 e. The van der Waals surface area contributed by atoms with Crippen molar-refractivity contribution in [2.45, 2.75) is 13.8 Å². The first kappa shape index (κ1) is 17.7. The predicted octanol–water partition coefficient (Wildman–Crippen LogP) is 2.38. The average molecular weight is 354 g/mol. The third-order valence-electron chi connectivity index (χ3n) is 4.49. The molecule has 26 heavy (non-hydrogen) atoms. The van der Waals surface area contributed by atoms with Gasteiger partial charge in [0.15, 0.2) is 5.96 Å². The molecule has 1 aromatic heterocycles. The molecule has 2 aromatic rings. The highest BCUT2D eigenvalue weighted by Crippen LogP contribution is 2.25. The molecule has 0 unspecified atom stereocenters. The minimum atomic E-state index is -0.502. The van der Waals surface area contributed by atoms with Crippen molar-refractivity contribution in [1.29, 1.82) is 0 Å². The van der Waals surface area contributed by atoms with Gasteiger partial charge >= 0.3 is 5.69 Å². The Hall–Kier alpha value is -3.16. The number of piperazine rings is 1. The maximum atomic E-state index is 11.1. The van der Waals surface area contributed by atoms with Crippen LogP contribution in [0.4, 0.5) is 17.2 Å². The Kier molecular flexibility index (Phi) is 5.01. The number of nitrogens with zero attached hydrogens (tertiary/aromatic N) is 5. The zero-order chi connectivity index (χ0) is 18.7. The van der Waals surface area contributed by atoms with Crippen molar-refractivity contribution >= 4 is 23.2 Å². The first-order valence-corrected chi connectivity index (χ1v) is 8.46. The number of aryl methyl sites for hydroxylation is 2. The smallest absolute Gasteiger partial charge is 0.313 e. The molecule has 1 fully saturated rings. The molecule has 1 aliphatic heterocycles. The fourth-order valence-corrected chi connectivity index (χ4v) is 3.03. The standard InChI is InChI=1S/C18H22N6O2/c1-13-5-6-14(2)16(12-13)22-8-10-23(11-9-22)18(19)21-17-15(24(25)26)4-3-7-20-17/h3-7,12H,8-11H2,1-2H3,(H2,19,20,21).